The van der Waals surface area contributed by atoms with Crippen molar-refractivity contribution in [3.63, 3.8) is 0 Å². The molecule has 2 N–H and O–H groups in total. The molecule has 0 fully saturated rings. The summed E-state index contributed by atoms with van der Waals surface area (Å²) < 4.78 is 30.4. The Bertz CT molecular complexity index is 1080. The van der Waals surface area contributed by atoms with E-state index < -0.39 is 23.7 Å². The standard InChI is InChI=1S/C21H17FN2O5/c1-12-14(8-9-27-12)20(25)24-16-10-13(6-7-15(16)22)23-21(26)19-11-28-17-4-2-3-5-18(17)29-19/h2-10,19H,11H2,1H3,(H,23,26)(H,24,25). The molecule has 1 aliphatic heterocycles. The second-order valence-corrected chi connectivity index (χ2v) is 6.39. The van der Waals surface area contributed by atoms with Crippen LogP contribution in [0.4, 0.5) is 15.8 Å². The molecule has 0 bridgehead atoms. The Morgan fingerprint density at radius 1 is 1.07 bits per heavy atom. The number of furan rings is 1. The molecule has 4 rings (SSSR count). The van der Waals surface area contributed by atoms with E-state index >= 15 is 0 Å². The molecule has 1 aliphatic rings. The number of para-hydroxylation sites is 2. The molecule has 2 amide bonds. The maximum atomic E-state index is 14.1. The predicted molar refractivity (Wildman–Crippen MR) is 103 cm³/mol. The molecule has 0 saturated carbocycles. The largest absolute Gasteiger partial charge is 0.485 e. The van der Waals surface area contributed by atoms with Gasteiger partial charge < -0.3 is 24.5 Å². The number of ether oxygens (including phenoxy) is 2. The smallest absolute Gasteiger partial charge is 0.269 e. The van der Waals surface area contributed by atoms with Gasteiger partial charge in [0.2, 0.25) is 6.10 Å². The average molecular weight is 396 g/mol. The minimum atomic E-state index is -0.860. The summed E-state index contributed by atoms with van der Waals surface area (Å²) in [4.78, 5) is 24.8. The summed E-state index contributed by atoms with van der Waals surface area (Å²) >= 11 is 0. The molecule has 0 aliphatic carbocycles. The van der Waals surface area contributed by atoms with Crippen LogP contribution in [0.1, 0.15) is 16.1 Å². The number of carbonyl (C=O) groups excluding carboxylic acids is 2. The summed E-state index contributed by atoms with van der Waals surface area (Å²) in [6, 6.07) is 12.4. The highest BCUT2D eigenvalue weighted by atomic mass is 19.1. The number of fused-ring (bicyclic) bond motifs is 1. The summed E-state index contributed by atoms with van der Waals surface area (Å²) in [5.74, 6) is -0.140. The fraction of sp³-hybridized carbons (Fsp3) is 0.143. The number of aryl methyl sites for hydroxylation is 1. The number of amides is 2. The third kappa shape index (κ3) is 3.91. The summed E-state index contributed by atoms with van der Waals surface area (Å²) in [6.45, 7) is 1.68. The summed E-state index contributed by atoms with van der Waals surface area (Å²) in [5, 5.41) is 5.13. The Balaban J connectivity index is 1.46. The van der Waals surface area contributed by atoms with Gasteiger partial charge in [-0.25, -0.2) is 4.39 Å². The Hall–Kier alpha value is -3.81. The molecule has 0 spiro atoms. The third-order valence-corrected chi connectivity index (χ3v) is 4.39. The maximum Gasteiger partial charge on any atom is 0.269 e. The van der Waals surface area contributed by atoms with E-state index in [2.05, 4.69) is 10.6 Å². The molecule has 29 heavy (non-hydrogen) atoms. The van der Waals surface area contributed by atoms with E-state index in [9.17, 15) is 14.0 Å². The minimum Gasteiger partial charge on any atom is -0.485 e. The number of anilines is 2. The van der Waals surface area contributed by atoms with Gasteiger partial charge in [0, 0.05) is 5.69 Å². The highest BCUT2D eigenvalue weighted by Crippen LogP contribution is 2.31. The first-order chi connectivity index (χ1) is 14.0. The molecule has 8 heteroatoms. The number of benzene rings is 2. The number of hydrogen-bond acceptors (Lipinski definition) is 5. The van der Waals surface area contributed by atoms with Gasteiger partial charge in [0.15, 0.2) is 11.5 Å². The Morgan fingerprint density at radius 2 is 1.86 bits per heavy atom. The number of carbonyl (C=O) groups is 2. The van der Waals surface area contributed by atoms with E-state index in [1.165, 1.54) is 24.5 Å². The second kappa shape index (κ2) is 7.67. The van der Waals surface area contributed by atoms with Crippen molar-refractivity contribution in [1.29, 1.82) is 0 Å². The number of rotatable bonds is 4. The molecule has 1 unspecified atom stereocenters. The van der Waals surface area contributed by atoms with E-state index in [1.54, 1.807) is 25.1 Å². The summed E-state index contributed by atoms with van der Waals surface area (Å²) in [7, 11) is 0. The fourth-order valence-corrected chi connectivity index (χ4v) is 2.88. The lowest BCUT2D eigenvalue weighted by Crippen LogP contribution is -2.40. The molecule has 2 heterocycles. The Kier molecular flexibility index (Phi) is 4.90. The van der Waals surface area contributed by atoms with Crippen molar-refractivity contribution in [1.82, 2.24) is 0 Å². The van der Waals surface area contributed by atoms with Crippen LogP contribution >= 0.6 is 0 Å². The van der Waals surface area contributed by atoms with E-state index in [1.807, 2.05) is 6.07 Å². The molecule has 7 nitrogen and oxygen atoms in total. The maximum absolute atomic E-state index is 14.1. The van der Waals surface area contributed by atoms with Crippen LogP contribution < -0.4 is 20.1 Å². The van der Waals surface area contributed by atoms with Gasteiger partial charge in [0.1, 0.15) is 18.2 Å². The minimum absolute atomic E-state index is 0.0490. The van der Waals surface area contributed by atoms with Crippen LogP contribution in [0.15, 0.2) is 59.2 Å². The lowest BCUT2D eigenvalue weighted by atomic mass is 10.2. The van der Waals surface area contributed by atoms with Gasteiger partial charge in [-0.05, 0) is 43.3 Å². The van der Waals surface area contributed by atoms with Gasteiger partial charge in [-0.2, -0.15) is 0 Å². The first-order valence-electron chi connectivity index (χ1n) is 8.85. The van der Waals surface area contributed by atoms with Crippen molar-refractivity contribution < 1.29 is 27.9 Å². The first kappa shape index (κ1) is 18.5. The first-order valence-corrected chi connectivity index (χ1v) is 8.85. The van der Waals surface area contributed by atoms with Crippen molar-refractivity contribution in [3.05, 3.63) is 71.9 Å². The van der Waals surface area contributed by atoms with Gasteiger partial charge in [0.05, 0.1) is 17.5 Å². The van der Waals surface area contributed by atoms with Crippen LogP contribution in [0.5, 0.6) is 11.5 Å². The zero-order valence-electron chi connectivity index (χ0n) is 15.4. The molecule has 148 valence electrons. The van der Waals surface area contributed by atoms with E-state index in [-0.39, 0.29) is 12.3 Å². The van der Waals surface area contributed by atoms with Crippen LogP contribution in [0.2, 0.25) is 0 Å². The quantitative estimate of drug-likeness (QED) is 0.701. The second-order valence-electron chi connectivity index (χ2n) is 6.39. The lowest BCUT2D eigenvalue weighted by molar-refractivity contribution is -0.125. The molecule has 0 saturated heterocycles. The van der Waals surface area contributed by atoms with E-state index in [0.29, 0.717) is 28.5 Å². The third-order valence-electron chi connectivity index (χ3n) is 4.39. The zero-order chi connectivity index (χ0) is 20.4. The van der Waals surface area contributed by atoms with Crippen molar-refractivity contribution >= 4 is 23.2 Å². The molecular formula is C21H17FN2O5. The van der Waals surface area contributed by atoms with Gasteiger partial charge in [-0.1, -0.05) is 12.1 Å². The monoisotopic (exact) mass is 396 g/mol. The van der Waals surface area contributed by atoms with Crippen LogP contribution in [0, 0.1) is 12.7 Å². The molecule has 1 aromatic heterocycles. The zero-order valence-corrected chi connectivity index (χ0v) is 15.4. The van der Waals surface area contributed by atoms with Crippen molar-refractivity contribution in [2.24, 2.45) is 0 Å². The van der Waals surface area contributed by atoms with Crippen LogP contribution in [-0.4, -0.2) is 24.5 Å². The highest BCUT2D eigenvalue weighted by Gasteiger charge is 2.27. The van der Waals surface area contributed by atoms with Crippen LogP contribution in [0.3, 0.4) is 0 Å². The number of halogens is 1. The molecule has 3 aromatic rings. The molecule has 0 radical (unpaired) electrons. The van der Waals surface area contributed by atoms with Crippen molar-refractivity contribution in [3.8, 4) is 11.5 Å². The van der Waals surface area contributed by atoms with Gasteiger partial charge in [-0.15, -0.1) is 0 Å². The highest BCUT2D eigenvalue weighted by molar-refractivity contribution is 6.05. The summed E-state index contributed by atoms with van der Waals surface area (Å²) in [6.07, 6.45) is 0.517. The molecule has 1 atom stereocenters. The van der Waals surface area contributed by atoms with Gasteiger partial charge in [-0.3, -0.25) is 9.59 Å². The van der Waals surface area contributed by atoms with Crippen LogP contribution in [0.25, 0.3) is 0 Å². The fourth-order valence-electron chi connectivity index (χ4n) is 2.88. The Morgan fingerprint density at radius 3 is 2.62 bits per heavy atom. The van der Waals surface area contributed by atoms with Gasteiger partial charge in [0.25, 0.3) is 11.8 Å². The summed E-state index contributed by atoms with van der Waals surface area (Å²) in [5.41, 5.74) is 0.530. The van der Waals surface area contributed by atoms with E-state index in [4.69, 9.17) is 13.9 Å². The van der Waals surface area contributed by atoms with E-state index in [0.717, 1.165) is 6.07 Å². The predicted octanol–water partition coefficient (Wildman–Crippen LogP) is 3.76. The number of hydrogen-bond donors (Lipinski definition) is 2. The lowest BCUT2D eigenvalue weighted by Gasteiger charge is -2.25. The topological polar surface area (TPSA) is 89.8 Å². The van der Waals surface area contributed by atoms with Crippen molar-refractivity contribution in [2.75, 3.05) is 17.2 Å². The molecule has 2 aromatic carbocycles. The van der Waals surface area contributed by atoms with Crippen molar-refractivity contribution in [2.45, 2.75) is 13.0 Å². The SMILES string of the molecule is Cc1occc1C(=O)Nc1cc(NC(=O)C2COc3ccccc3O2)ccc1F. The average Bonchev–Trinajstić information content (AvgIpc) is 3.16. The van der Waals surface area contributed by atoms with Crippen LogP contribution in [-0.2, 0) is 4.79 Å². The Labute approximate surface area is 165 Å². The van der Waals surface area contributed by atoms with Gasteiger partial charge >= 0.3 is 0 Å². The normalized spacial score (nSPS) is 14.9. The molecular weight excluding hydrogens is 379 g/mol. The number of nitrogens with one attached hydrogen (secondary N) is 2.